The van der Waals surface area contributed by atoms with E-state index in [2.05, 4.69) is 10.1 Å². The van der Waals surface area contributed by atoms with Crippen molar-refractivity contribution in [1.29, 1.82) is 0 Å². The highest BCUT2D eigenvalue weighted by molar-refractivity contribution is 6.40. The van der Waals surface area contributed by atoms with E-state index in [4.69, 9.17) is 0 Å². The van der Waals surface area contributed by atoms with Crippen molar-refractivity contribution < 1.29 is 19.1 Å². The average Bonchev–Trinajstić information content (AvgIpc) is 2.35. The van der Waals surface area contributed by atoms with Crippen LogP contribution < -0.4 is 5.32 Å². The van der Waals surface area contributed by atoms with Crippen LogP contribution in [0.15, 0.2) is 24.3 Å². The van der Waals surface area contributed by atoms with E-state index in [9.17, 15) is 14.4 Å². The second kappa shape index (κ2) is 6.32. The lowest BCUT2D eigenvalue weighted by molar-refractivity contribution is -0.135. The van der Waals surface area contributed by atoms with E-state index in [1.54, 1.807) is 24.3 Å². The molecule has 0 saturated carbocycles. The largest absolute Gasteiger partial charge is 0.463 e. The van der Waals surface area contributed by atoms with E-state index in [0.717, 1.165) is 5.56 Å². The number of Topliss-reactive ketones (excluding diaryl/α,β-unsaturated/α-hetero) is 1. The number of carbonyl (C=O) groups excluding carboxylic acids is 3. The number of hydrogen-bond acceptors (Lipinski definition) is 4. The van der Waals surface area contributed by atoms with Gasteiger partial charge in [-0.2, -0.15) is 0 Å². The Hall–Kier alpha value is -2.17. The summed E-state index contributed by atoms with van der Waals surface area (Å²) in [4.78, 5) is 33.8. The molecule has 0 fully saturated rings. The van der Waals surface area contributed by atoms with Gasteiger partial charge < -0.3 is 10.1 Å². The molecule has 0 aromatic heterocycles. The van der Waals surface area contributed by atoms with Gasteiger partial charge in [0.15, 0.2) is 0 Å². The minimum atomic E-state index is -0.878. The molecule has 0 bridgehead atoms. The van der Waals surface area contributed by atoms with Gasteiger partial charge in [0.1, 0.15) is 0 Å². The molecule has 1 aromatic rings. The van der Waals surface area contributed by atoms with Gasteiger partial charge >= 0.3 is 5.97 Å². The van der Waals surface area contributed by atoms with Crippen LogP contribution in [0.25, 0.3) is 0 Å². The predicted molar refractivity (Wildman–Crippen MR) is 74.4 cm³/mol. The standard InChI is InChI=1S/C15H19NO4/c1-10(17)16-15(2,3)9-11-5-7-12(8-6-11)13(18)14(19)20-4/h5-8H,9H2,1-4H3,(H,16,17). The molecule has 1 N–H and O–H groups in total. The van der Waals surface area contributed by atoms with Gasteiger partial charge in [0, 0.05) is 18.0 Å². The quantitative estimate of drug-likeness (QED) is 0.503. The van der Waals surface area contributed by atoms with E-state index in [1.807, 2.05) is 13.8 Å². The maximum Gasteiger partial charge on any atom is 0.379 e. The van der Waals surface area contributed by atoms with Gasteiger partial charge in [0.25, 0.3) is 5.78 Å². The van der Waals surface area contributed by atoms with Crippen molar-refractivity contribution in [1.82, 2.24) is 5.32 Å². The minimum absolute atomic E-state index is 0.0903. The Kier molecular flexibility index (Phi) is 5.02. The first-order valence-corrected chi connectivity index (χ1v) is 6.25. The summed E-state index contributed by atoms with van der Waals surface area (Å²) in [6, 6.07) is 6.69. The number of hydrogen-bond donors (Lipinski definition) is 1. The van der Waals surface area contributed by atoms with Gasteiger partial charge in [0.05, 0.1) is 7.11 Å². The zero-order valence-electron chi connectivity index (χ0n) is 12.1. The van der Waals surface area contributed by atoms with Crippen LogP contribution in [-0.2, 0) is 20.7 Å². The van der Waals surface area contributed by atoms with Crippen LogP contribution >= 0.6 is 0 Å². The molecule has 108 valence electrons. The zero-order chi connectivity index (χ0) is 15.3. The van der Waals surface area contributed by atoms with Crippen LogP contribution in [-0.4, -0.2) is 30.3 Å². The Bertz CT molecular complexity index is 517. The van der Waals surface area contributed by atoms with Gasteiger partial charge in [0.2, 0.25) is 5.91 Å². The van der Waals surface area contributed by atoms with Crippen LogP contribution in [0.1, 0.15) is 36.7 Å². The number of ether oxygens (including phenoxy) is 1. The molecule has 1 aromatic carbocycles. The number of esters is 1. The summed E-state index contributed by atoms with van der Waals surface area (Å²) < 4.78 is 4.39. The Balaban J connectivity index is 2.79. The Morgan fingerprint density at radius 2 is 1.70 bits per heavy atom. The van der Waals surface area contributed by atoms with Crippen molar-refractivity contribution in [3.05, 3.63) is 35.4 Å². The van der Waals surface area contributed by atoms with Crippen molar-refractivity contribution in [2.24, 2.45) is 0 Å². The highest BCUT2D eigenvalue weighted by Gasteiger charge is 2.20. The highest BCUT2D eigenvalue weighted by atomic mass is 16.5. The summed E-state index contributed by atoms with van der Waals surface area (Å²) in [7, 11) is 1.17. The van der Waals surface area contributed by atoms with E-state index in [-0.39, 0.29) is 17.0 Å². The first-order chi connectivity index (χ1) is 9.25. The Morgan fingerprint density at radius 1 is 1.15 bits per heavy atom. The molecule has 0 radical (unpaired) electrons. The molecule has 0 aliphatic carbocycles. The third-order valence-corrected chi connectivity index (χ3v) is 2.75. The van der Waals surface area contributed by atoms with Crippen molar-refractivity contribution >= 4 is 17.7 Å². The Labute approximate surface area is 118 Å². The molecule has 1 amide bonds. The molecular formula is C15H19NO4. The fourth-order valence-electron chi connectivity index (χ4n) is 2.02. The van der Waals surface area contributed by atoms with Gasteiger partial charge in [-0.3, -0.25) is 9.59 Å². The van der Waals surface area contributed by atoms with Crippen LogP contribution in [0.3, 0.4) is 0 Å². The molecular weight excluding hydrogens is 258 g/mol. The van der Waals surface area contributed by atoms with Crippen molar-refractivity contribution in [2.45, 2.75) is 32.7 Å². The van der Waals surface area contributed by atoms with Crippen molar-refractivity contribution in [3.63, 3.8) is 0 Å². The predicted octanol–water partition coefficient (Wildman–Crippen LogP) is 1.50. The van der Waals surface area contributed by atoms with Gasteiger partial charge in [-0.1, -0.05) is 24.3 Å². The summed E-state index contributed by atoms with van der Waals surface area (Å²) >= 11 is 0. The van der Waals surface area contributed by atoms with Crippen LogP contribution in [0.4, 0.5) is 0 Å². The number of ketones is 1. The number of rotatable bonds is 5. The molecule has 0 aliphatic rings. The van der Waals surface area contributed by atoms with Crippen molar-refractivity contribution in [3.8, 4) is 0 Å². The monoisotopic (exact) mass is 277 g/mol. The summed E-state index contributed by atoms with van der Waals surface area (Å²) in [6.07, 6.45) is 0.624. The summed E-state index contributed by atoms with van der Waals surface area (Å²) in [5, 5.41) is 2.85. The second-order valence-electron chi connectivity index (χ2n) is 5.26. The van der Waals surface area contributed by atoms with Crippen molar-refractivity contribution in [2.75, 3.05) is 7.11 Å². The van der Waals surface area contributed by atoms with Gasteiger partial charge in [-0.15, -0.1) is 0 Å². The van der Waals surface area contributed by atoms with E-state index >= 15 is 0 Å². The van der Waals surface area contributed by atoms with E-state index in [0.29, 0.717) is 6.42 Å². The van der Waals surface area contributed by atoms with Crippen LogP contribution in [0, 0.1) is 0 Å². The van der Waals surface area contributed by atoms with E-state index < -0.39 is 11.8 Å². The lowest BCUT2D eigenvalue weighted by atomic mass is 9.94. The number of benzene rings is 1. The molecule has 0 saturated heterocycles. The molecule has 5 heteroatoms. The molecule has 0 atom stereocenters. The molecule has 0 heterocycles. The Morgan fingerprint density at radius 3 is 2.15 bits per heavy atom. The van der Waals surface area contributed by atoms with E-state index in [1.165, 1.54) is 14.0 Å². The highest BCUT2D eigenvalue weighted by Crippen LogP contribution is 2.14. The molecule has 20 heavy (non-hydrogen) atoms. The summed E-state index contributed by atoms with van der Waals surface area (Å²) in [6.45, 7) is 5.31. The van der Waals surface area contributed by atoms with Gasteiger partial charge in [-0.05, 0) is 25.8 Å². The molecule has 0 aliphatic heterocycles. The topological polar surface area (TPSA) is 72.5 Å². The zero-order valence-corrected chi connectivity index (χ0v) is 12.1. The minimum Gasteiger partial charge on any atom is -0.463 e. The first-order valence-electron chi connectivity index (χ1n) is 6.25. The van der Waals surface area contributed by atoms with Gasteiger partial charge in [-0.25, -0.2) is 4.79 Å². The maximum atomic E-state index is 11.6. The lowest BCUT2D eigenvalue weighted by Crippen LogP contribution is -2.43. The third kappa shape index (κ3) is 4.50. The number of nitrogens with one attached hydrogen (secondary N) is 1. The number of carbonyl (C=O) groups is 3. The normalized spacial score (nSPS) is 10.8. The van der Waals surface area contributed by atoms with Crippen LogP contribution in [0.5, 0.6) is 0 Å². The average molecular weight is 277 g/mol. The molecule has 1 rings (SSSR count). The fourth-order valence-corrected chi connectivity index (χ4v) is 2.02. The first kappa shape index (κ1) is 15.9. The number of methoxy groups -OCH3 is 1. The molecule has 0 spiro atoms. The third-order valence-electron chi connectivity index (χ3n) is 2.75. The summed E-state index contributed by atoms with van der Waals surface area (Å²) in [5.74, 6) is -1.64. The molecule has 5 nitrogen and oxygen atoms in total. The lowest BCUT2D eigenvalue weighted by Gasteiger charge is -2.25. The second-order valence-corrected chi connectivity index (χ2v) is 5.26. The molecule has 0 unspecified atom stereocenters. The smallest absolute Gasteiger partial charge is 0.379 e. The SMILES string of the molecule is COC(=O)C(=O)c1ccc(CC(C)(C)NC(C)=O)cc1. The van der Waals surface area contributed by atoms with Crippen LogP contribution in [0.2, 0.25) is 0 Å². The number of amides is 1. The fraction of sp³-hybridized carbons (Fsp3) is 0.400. The maximum absolute atomic E-state index is 11.6. The summed E-state index contributed by atoms with van der Waals surface area (Å²) in [5.41, 5.74) is 0.878.